The van der Waals surface area contributed by atoms with Gasteiger partial charge in [-0.15, -0.1) is 0 Å². The van der Waals surface area contributed by atoms with E-state index in [2.05, 4.69) is 9.97 Å². The molecule has 9 heteroatoms. The van der Waals surface area contributed by atoms with Crippen molar-refractivity contribution in [3.8, 4) is 0 Å². The number of carbonyl (C=O) groups excluding carboxylic acids is 1. The lowest BCUT2D eigenvalue weighted by Gasteiger charge is -1.98. The van der Waals surface area contributed by atoms with Crippen LogP contribution in [-0.2, 0) is 14.1 Å². The largest absolute Gasteiger partial charge is 0.329 e. The van der Waals surface area contributed by atoms with Crippen molar-refractivity contribution in [3.05, 3.63) is 68.1 Å². The Kier molecular flexibility index (Phi) is 3.91. The number of nitrogens with one attached hydrogen (secondary N) is 1. The molecular weight excluding hydrogens is 334 g/mol. The van der Waals surface area contributed by atoms with Gasteiger partial charge in [0.15, 0.2) is 28.6 Å². The van der Waals surface area contributed by atoms with Crippen LogP contribution in [0.1, 0.15) is 16.2 Å². The molecule has 0 unspecified atom stereocenters. The molecule has 3 aromatic rings. The first kappa shape index (κ1) is 16.5. The second-order valence-corrected chi connectivity index (χ2v) is 5.35. The van der Waals surface area contributed by atoms with Crippen LogP contribution in [0, 0.1) is 11.6 Å². The molecule has 128 valence electrons. The number of imidazole rings is 1. The number of aromatic nitrogens is 4. The zero-order chi connectivity index (χ0) is 18.3. The van der Waals surface area contributed by atoms with E-state index in [1.54, 1.807) is 7.05 Å². The van der Waals surface area contributed by atoms with Crippen molar-refractivity contribution in [2.75, 3.05) is 0 Å². The molecule has 0 atom stereocenters. The van der Waals surface area contributed by atoms with Gasteiger partial charge in [0.05, 0.1) is 0 Å². The Morgan fingerprint density at radius 3 is 2.56 bits per heavy atom. The van der Waals surface area contributed by atoms with E-state index in [0.29, 0.717) is 0 Å². The van der Waals surface area contributed by atoms with Gasteiger partial charge in [0, 0.05) is 19.7 Å². The van der Waals surface area contributed by atoms with E-state index in [4.69, 9.17) is 0 Å². The average Bonchev–Trinajstić information content (AvgIpc) is 2.90. The number of allylic oxidation sites excluding steroid dienone is 1. The number of halogens is 2. The minimum Gasteiger partial charge on any atom is -0.322 e. The van der Waals surface area contributed by atoms with Gasteiger partial charge in [0.2, 0.25) is 0 Å². The molecule has 0 bridgehead atoms. The monoisotopic (exact) mass is 346 g/mol. The molecule has 7 nitrogen and oxygen atoms in total. The Morgan fingerprint density at radius 2 is 1.88 bits per heavy atom. The molecule has 0 fully saturated rings. The second kappa shape index (κ2) is 5.93. The van der Waals surface area contributed by atoms with Crippen molar-refractivity contribution in [2.45, 2.75) is 0 Å². The lowest BCUT2D eigenvalue weighted by Crippen LogP contribution is -2.29. The molecule has 0 amide bonds. The maximum Gasteiger partial charge on any atom is 0.329 e. The Morgan fingerprint density at radius 1 is 1.16 bits per heavy atom. The molecule has 2 aromatic heterocycles. The highest BCUT2D eigenvalue weighted by Gasteiger charge is 2.14. The molecule has 1 N–H and O–H groups in total. The normalized spacial score (nSPS) is 11.5. The Bertz CT molecular complexity index is 1150. The molecule has 0 spiro atoms. The summed E-state index contributed by atoms with van der Waals surface area (Å²) in [7, 11) is 3.00. The number of hydrogen-bond donors (Lipinski definition) is 1. The number of benzene rings is 1. The Hall–Kier alpha value is -3.36. The zero-order valence-electron chi connectivity index (χ0n) is 13.2. The molecule has 0 radical (unpaired) electrons. The zero-order valence-corrected chi connectivity index (χ0v) is 13.2. The number of aryl methyl sites for hydroxylation is 2. The predicted molar refractivity (Wildman–Crippen MR) is 86.3 cm³/mol. The van der Waals surface area contributed by atoms with Gasteiger partial charge in [0.25, 0.3) is 5.56 Å². The summed E-state index contributed by atoms with van der Waals surface area (Å²) >= 11 is 0. The van der Waals surface area contributed by atoms with E-state index in [-0.39, 0.29) is 22.6 Å². The van der Waals surface area contributed by atoms with Crippen molar-refractivity contribution >= 4 is 23.0 Å². The highest BCUT2D eigenvalue weighted by molar-refractivity contribution is 6.06. The summed E-state index contributed by atoms with van der Waals surface area (Å²) in [5, 5.41) is 0. The van der Waals surface area contributed by atoms with Gasteiger partial charge in [-0.3, -0.25) is 19.1 Å². The predicted octanol–water partition coefficient (Wildman–Crippen LogP) is 1.13. The van der Waals surface area contributed by atoms with Crippen LogP contribution in [0.4, 0.5) is 8.78 Å². The number of aromatic amines is 1. The first-order chi connectivity index (χ1) is 11.8. The van der Waals surface area contributed by atoms with Gasteiger partial charge < -0.3 is 4.57 Å². The van der Waals surface area contributed by atoms with Crippen LogP contribution in [-0.4, -0.2) is 24.9 Å². The van der Waals surface area contributed by atoms with Crippen LogP contribution in [0.2, 0.25) is 0 Å². The Balaban J connectivity index is 2.03. The van der Waals surface area contributed by atoms with Gasteiger partial charge in [0.1, 0.15) is 5.82 Å². The molecular formula is C16H12F2N4O3. The number of nitrogens with zero attached hydrogens (tertiary/aromatic N) is 3. The maximum absolute atomic E-state index is 13.2. The first-order valence-electron chi connectivity index (χ1n) is 7.13. The molecule has 2 heterocycles. The van der Waals surface area contributed by atoms with Gasteiger partial charge in [-0.1, -0.05) is 0 Å². The average molecular weight is 346 g/mol. The van der Waals surface area contributed by atoms with Gasteiger partial charge in [-0.25, -0.2) is 18.6 Å². The summed E-state index contributed by atoms with van der Waals surface area (Å²) in [5.41, 5.74) is -0.902. The summed E-state index contributed by atoms with van der Waals surface area (Å²) in [6.07, 6.45) is 2.45. The van der Waals surface area contributed by atoms with Crippen molar-refractivity contribution < 1.29 is 13.6 Å². The van der Waals surface area contributed by atoms with Crippen molar-refractivity contribution in [1.82, 2.24) is 19.1 Å². The van der Waals surface area contributed by atoms with Crippen LogP contribution < -0.4 is 11.2 Å². The third kappa shape index (κ3) is 2.80. The van der Waals surface area contributed by atoms with Crippen molar-refractivity contribution in [2.24, 2.45) is 14.1 Å². The lowest BCUT2D eigenvalue weighted by molar-refractivity contribution is 0.104. The van der Waals surface area contributed by atoms with E-state index in [1.807, 2.05) is 0 Å². The van der Waals surface area contributed by atoms with E-state index in [1.165, 1.54) is 22.3 Å². The third-order valence-electron chi connectivity index (χ3n) is 3.76. The van der Waals surface area contributed by atoms with Crippen LogP contribution in [0.25, 0.3) is 17.2 Å². The summed E-state index contributed by atoms with van der Waals surface area (Å²) in [5.74, 6) is -2.48. The van der Waals surface area contributed by atoms with Gasteiger partial charge in [-0.05, 0) is 30.4 Å². The highest BCUT2D eigenvalue weighted by Crippen LogP contribution is 2.12. The molecule has 0 aliphatic heterocycles. The van der Waals surface area contributed by atoms with Crippen LogP contribution in [0.3, 0.4) is 0 Å². The number of H-pyrrole nitrogens is 1. The highest BCUT2D eigenvalue weighted by atomic mass is 19.2. The number of hydrogen-bond acceptors (Lipinski definition) is 4. The summed E-state index contributed by atoms with van der Waals surface area (Å²) in [4.78, 5) is 41.9. The topological polar surface area (TPSA) is 89.8 Å². The van der Waals surface area contributed by atoms with Gasteiger partial charge in [-0.2, -0.15) is 0 Å². The number of rotatable bonds is 3. The molecule has 0 saturated carbocycles. The Labute approximate surface area is 138 Å². The fourth-order valence-electron chi connectivity index (χ4n) is 2.37. The minimum atomic E-state index is -1.12. The fraction of sp³-hybridized carbons (Fsp3) is 0.125. The van der Waals surface area contributed by atoms with Crippen LogP contribution >= 0.6 is 0 Å². The smallest absolute Gasteiger partial charge is 0.322 e. The second-order valence-electron chi connectivity index (χ2n) is 5.35. The van der Waals surface area contributed by atoms with Crippen LogP contribution in [0.5, 0.6) is 0 Å². The molecule has 0 saturated heterocycles. The SMILES string of the molecule is Cn1c(/C=C\C(=O)c2ccc(F)c(F)c2)nc2c1c(=O)[nH]c(=O)n2C. The van der Waals surface area contributed by atoms with E-state index in [0.717, 1.165) is 24.3 Å². The third-order valence-corrected chi connectivity index (χ3v) is 3.76. The minimum absolute atomic E-state index is 0.0286. The fourth-order valence-corrected chi connectivity index (χ4v) is 2.37. The van der Waals surface area contributed by atoms with Crippen molar-refractivity contribution in [1.29, 1.82) is 0 Å². The van der Waals surface area contributed by atoms with Crippen LogP contribution in [0.15, 0.2) is 33.9 Å². The number of ketones is 1. The van der Waals surface area contributed by atoms with E-state index in [9.17, 15) is 23.2 Å². The van der Waals surface area contributed by atoms with Crippen molar-refractivity contribution in [3.63, 3.8) is 0 Å². The summed E-state index contributed by atoms with van der Waals surface area (Å²) in [6, 6.07) is 2.82. The molecule has 0 aliphatic rings. The molecule has 0 aliphatic carbocycles. The quantitative estimate of drug-likeness (QED) is 0.569. The summed E-state index contributed by atoms with van der Waals surface area (Å²) < 4.78 is 28.7. The maximum atomic E-state index is 13.2. The first-order valence-corrected chi connectivity index (χ1v) is 7.13. The molecule has 3 rings (SSSR count). The van der Waals surface area contributed by atoms with E-state index >= 15 is 0 Å². The standard InChI is InChI=1S/C16H12F2N4O3/c1-21-12(19-14-13(21)15(24)20-16(25)22(14)2)6-5-11(23)8-3-4-9(17)10(18)7-8/h3-7H,1-2H3,(H,20,24,25)/b6-5-. The number of carbonyl (C=O) groups is 1. The lowest BCUT2D eigenvalue weighted by atomic mass is 10.1. The molecule has 1 aromatic carbocycles. The number of fused-ring (bicyclic) bond motifs is 1. The molecule has 25 heavy (non-hydrogen) atoms. The summed E-state index contributed by atoms with van der Waals surface area (Å²) in [6.45, 7) is 0. The van der Waals surface area contributed by atoms with Gasteiger partial charge >= 0.3 is 5.69 Å². The van der Waals surface area contributed by atoms with E-state index < -0.39 is 28.7 Å².